The number of ether oxygens (including phenoxy) is 1. The van der Waals surface area contributed by atoms with Crippen LogP contribution in [0.25, 0.3) is 0 Å². The van der Waals surface area contributed by atoms with Gasteiger partial charge in [0, 0.05) is 18.5 Å². The van der Waals surface area contributed by atoms with Crippen LogP contribution in [0, 0.1) is 6.92 Å². The van der Waals surface area contributed by atoms with Crippen molar-refractivity contribution in [2.24, 2.45) is 0 Å². The number of carbonyl (C=O) groups excluding carboxylic acids is 1. The second-order valence-corrected chi connectivity index (χ2v) is 7.63. The summed E-state index contributed by atoms with van der Waals surface area (Å²) >= 11 is 0. The van der Waals surface area contributed by atoms with Crippen LogP contribution in [0.4, 0.5) is 5.82 Å². The number of benzene rings is 1. The number of fused-ring (bicyclic) bond motifs is 1. The number of para-hydroxylation sites is 1. The molecule has 2 aliphatic heterocycles. The number of nitrogens with zero attached hydrogens (tertiary/aromatic N) is 4. The van der Waals surface area contributed by atoms with Crippen LogP contribution in [0.15, 0.2) is 30.3 Å². The zero-order valence-electron chi connectivity index (χ0n) is 16.6. The Bertz CT molecular complexity index is 834. The number of amides is 1. The molecule has 0 spiro atoms. The predicted molar refractivity (Wildman–Crippen MR) is 107 cm³/mol. The van der Waals surface area contributed by atoms with Crippen LogP contribution in [-0.4, -0.2) is 67.2 Å². The molecule has 0 aliphatic carbocycles. The summed E-state index contributed by atoms with van der Waals surface area (Å²) in [7, 11) is 2.23. The molecule has 1 aromatic heterocycles. The predicted octanol–water partition coefficient (Wildman–Crippen LogP) is 0.0834. The van der Waals surface area contributed by atoms with Crippen molar-refractivity contribution in [1.82, 2.24) is 14.9 Å². The molecule has 2 aliphatic rings. The molecule has 0 atom stereocenters. The summed E-state index contributed by atoms with van der Waals surface area (Å²) in [5, 5.41) is 0. The number of likely N-dealkylation sites (N-methyl/N-ethyl adjacent to an activating group) is 1. The van der Waals surface area contributed by atoms with Crippen molar-refractivity contribution in [3.05, 3.63) is 47.4 Å². The van der Waals surface area contributed by atoms with Crippen molar-refractivity contribution in [1.29, 1.82) is 0 Å². The number of rotatable bonds is 4. The summed E-state index contributed by atoms with van der Waals surface area (Å²) in [6, 6.07) is 9.46. The molecule has 148 valence electrons. The van der Waals surface area contributed by atoms with Crippen molar-refractivity contribution in [2.45, 2.75) is 19.9 Å². The van der Waals surface area contributed by atoms with Crippen molar-refractivity contribution in [3.8, 4) is 5.75 Å². The van der Waals surface area contributed by atoms with Crippen molar-refractivity contribution in [2.75, 3.05) is 51.3 Å². The van der Waals surface area contributed by atoms with E-state index in [-0.39, 0.29) is 12.5 Å². The number of hydrogen-bond donors (Lipinski definition) is 1. The van der Waals surface area contributed by atoms with Gasteiger partial charge < -0.3 is 19.4 Å². The zero-order valence-corrected chi connectivity index (χ0v) is 16.6. The molecular weight excluding hydrogens is 354 g/mol. The first-order valence-electron chi connectivity index (χ1n) is 9.98. The Morgan fingerprint density at radius 3 is 2.64 bits per heavy atom. The van der Waals surface area contributed by atoms with E-state index in [1.54, 1.807) is 4.90 Å². The lowest BCUT2D eigenvalue weighted by Gasteiger charge is -2.35. The maximum absolute atomic E-state index is 12.7. The highest BCUT2D eigenvalue weighted by atomic mass is 16.5. The Hall–Kier alpha value is -2.67. The quantitative estimate of drug-likeness (QED) is 0.812. The largest absolute Gasteiger partial charge is 0.484 e. The molecule has 4 rings (SSSR count). The number of anilines is 1. The van der Waals surface area contributed by atoms with E-state index in [4.69, 9.17) is 9.72 Å². The fraction of sp³-hybridized carbons (Fsp3) is 0.476. The second-order valence-electron chi connectivity index (χ2n) is 7.63. The van der Waals surface area contributed by atoms with Crippen LogP contribution in [0.2, 0.25) is 0 Å². The van der Waals surface area contributed by atoms with Crippen LogP contribution in [0.5, 0.6) is 5.75 Å². The highest BCUT2D eigenvalue weighted by molar-refractivity contribution is 5.78. The summed E-state index contributed by atoms with van der Waals surface area (Å²) in [4.78, 5) is 27.9. The molecular formula is C21H28N5O2+. The highest BCUT2D eigenvalue weighted by Crippen LogP contribution is 2.27. The number of aromatic nitrogens is 2. The average Bonchev–Trinajstić information content (AvgIpc) is 2.72. The van der Waals surface area contributed by atoms with E-state index in [0.29, 0.717) is 18.8 Å². The lowest BCUT2D eigenvalue weighted by atomic mass is 10.0. The van der Waals surface area contributed by atoms with E-state index in [0.717, 1.165) is 55.5 Å². The standard InChI is InChI=1S/C21H27N5O2/c1-16-22-19-8-9-26(20(27)15-28-17-6-4-3-5-7-17)14-18(19)21(23-16)25-12-10-24(2)11-13-25/h3-7H,8-15H2,1-2H3/p+1. The van der Waals surface area contributed by atoms with E-state index in [2.05, 4.69) is 16.9 Å². The molecule has 1 fully saturated rings. The smallest absolute Gasteiger partial charge is 0.260 e. The summed E-state index contributed by atoms with van der Waals surface area (Å²) < 4.78 is 5.65. The molecule has 7 nitrogen and oxygen atoms in total. The Morgan fingerprint density at radius 1 is 1.14 bits per heavy atom. The summed E-state index contributed by atoms with van der Waals surface area (Å²) in [6.07, 6.45) is 0.766. The van der Waals surface area contributed by atoms with Gasteiger partial charge in [-0.3, -0.25) is 4.79 Å². The van der Waals surface area contributed by atoms with Gasteiger partial charge in [0.1, 0.15) is 17.4 Å². The van der Waals surface area contributed by atoms with E-state index >= 15 is 0 Å². The molecule has 0 unspecified atom stereocenters. The Balaban J connectivity index is 1.48. The van der Waals surface area contributed by atoms with Crippen molar-refractivity contribution < 1.29 is 14.4 Å². The minimum absolute atomic E-state index is 0.00356. The Morgan fingerprint density at radius 2 is 1.89 bits per heavy atom. The van der Waals surface area contributed by atoms with Gasteiger partial charge in [0.25, 0.3) is 5.91 Å². The Kier molecular flexibility index (Phi) is 5.43. The first-order chi connectivity index (χ1) is 13.6. The van der Waals surface area contributed by atoms with Crippen LogP contribution >= 0.6 is 0 Å². The number of carbonyl (C=O) groups is 1. The van der Waals surface area contributed by atoms with Crippen LogP contribution in [0.3, 0.4) is 0 Å². The van der Waals surface area contributed by atoms with Crippen molar-refractivity contribution in [3.63, 3.8) is 0 Å². The van der Waals surface area contributed by atoms with Gasteiger partial charge in [0.2, 0.25) is 0 Å². The molecule has 7 heteroatoms. The molecule has 28 heavy (non-hydrogen) atoms. The van der Waals surface area contributed by atoms with Crippen molar-refractivity contribution >= 4 is 11.7 Å². The molecule has 1 amide bonds. The molecule has 1 saturated heterocycles. The van der Waals surface area contributed by atoms with Crippen LogP contribution in [0.1, 0.15) is 17.1 Å². The fourth-order valence-electron chi connectivity index (χ4n) is 3.84. The van der Waals surface area contributed by atoms with Gasteiger partial charge in [-0.2, -0.15) is 0 Å². The monoisotopic (exact) mass is 382 g/mol. The summed E-state index contributed by atoms with van der Waals surface area (Å²) in [5.74, 6) is 2.54. The zero-order chi connectivity index (χ0) is 19.5. The first-order valence-corrected chi connectivity index (χ1v) is 9.98. The summed E-state index contributed by atoms with van der Waals surface area (Å²) in [6.45, 7) is 7.42. The summed E-state index contributed by atoms with van der Waals surface area (Å²) in [5.41, 5.74) is 2.19. The number of piperazine rings is 1. The van der Waals surface area contributed by atoms with Gasteiger partial charge in [-0.1, -0.05) is 18.2 Å². The average molecular weight is 382 g/mol. The van der Waals surface area contributed by atoms with E-state index in [1.807, 2.05) is 42.2 Å². The van der Waals surface area contributed by atoms with Gasteiger partial charge in [-0.15, -0.1) is 0 Å². The van der Waals surface area contributed by atoms with Gasteiger partial charge in [-0.25, -0.2) is 9.97 Å². The number of nitrogens with one attached hydrogen (secondary N) is 1. The van der Waals surface area contributed by atoms with E-state index < -0.39 is 0 Å². The molecule has 1 aromatic carbocycles. The fourth-order valence-corrected chi connectivity index (χ4v) is 3.84. The molecule has 2 aromatic rings. The third-order valence-corrected chi connectivity index (χ3v) is 5.52. The number of quaternary nitrogens is 1. The first kappa shape index (κ1) is 18.7. The molecule has 3 heterocycles. The van der Waals surface area contributed by atoms with Crippen LogP contribution in [-0.2, 0) is 17.8 Å². The molecule has 0 saturated carbocycles. The topological polar surface area (TPSA) is 63.0 Å². The van der Waals surface area contributed by atoms with Gasteiger partial charge in [0.15, 0.2) is 6.61 Å². The third-order valence-electron chi connectivity index (χ3n) is 5.52. The van der Waals surface area contributed by atoms with E-state index in [1.165, 1.54) is 0 Å². The second kappa shape index (κ2) is 8.14. The maximum Gasteiger partial charge on any atom is 0.260 e. The Labute approximate surface area is 165 Å². The number of aryl methyl sites for hydroxylation is 1. The number of hydrogen-bond acceptors (Lipinski definition) is 5. The van der Waals surface area contributed by atoms with Gasteiger partial charge >= 0.3 is 0 Å². The minimum Gasteiger partial charge on any atom is -0.484 e. The molecule has 1 N–H and O–H groups in total. The maximum atomic E-state index is 12.7. The van der Waals surface area contributed by atoms with Gasteiger partial charge in [0.05, 0.1) is 45.5 Å². The lowest BCUT2D eigenvalue weighted by Crippen LogP contribution is -3.12. The molecule has 0 radical (unpaired) electrons. The third kappa shape index (κ3) is 4.09. The van der Waals surface area contributed by atoms with Gasteiger partial charge in [-0.05, 0) is 19.1 Å². The normalized spacial score (nSPS) is 17.4. The lowest BCUT2D eigenvalue weighted by molar-refractivity contribution is -0.880. The van der Waals surface area contributed by atoms with Crippen LogP contribution < -0.4 is 14.5 Å². The molecule has 0 bridgehead atoms. The van der Waals surface area contributed by atoms with E-state index in [9.17, 15) is 4.79 Å². The highest BCUT2D eigenvalue weighted by Gasteiger charge is 2.29. The SMILES string of the molecule is Cc1nc2c(c(N3CC[NH+](C)CC3)n1)CN(C(=O)COc1ccccc1)CC2. The minimum atomic E-state index is 0.00356.